The third-order valence-corrected chi connectivity index (χ3v) is 3.98. The fourth-order valence-corrected chi connectivity index (χ4v) is 2.89. The van der Waals surface area contributed by atoms with Crippen LogP contribution < -0.4 is 5.32 Å². The highest BCUT2D eigenvalue weighted by molar-refractivity contribution is 7.10. The van der Waals surface area contributed by atoms with E-state index in [1.807, 2.05) is 11.3 Å². The lowest BCUT2D eigenvalue weighted by Gasteiger charge is -2.33. The van der Waals surface area contributed by atoms with E-state index in [4.69, 9.17) is 0 Å². The molecule has 14 heavy (non-hydrogen) atoms. The summed E-state index contributed by atoms with van der Waals surface area (Å²) in [6.07, 6.45) is 2.52. The van der Waals surface area contributed by atoms with Gasteiger partial charge in [0.05, 0.1) is 0 Å². The van der Waals surface area contributed by atoms with Crippen LogP contribution in [0.5, 0.6) is 0 Å². The zero-order valence-electron chi connectivity index (χ0n) is 8.86. The summed E-state index contributed by atoms with van der Waals surface area (Å²) in [6, 6.07) is 5.70. The first-order valence-corrected chi connectivity index (χ1v) is 6.08. The van der Waals surface area contributed by atoms with Gasteiger partial charge in [0, 0.05) is 17.0 Å². The van der Waals surface area contributed by atoms with Crippen molar-refractivity contribution in [3.8, 4) is 0 Å². The smallest absolute Gasteiger partial charge is 0.0429 e. The number of hydrogen-bond donors (Lipinski definition) is 1. The lowest BCUT2D eigenvalue weighted by Crippen LogP contribution is -2.40. The predicted octanol–water partition coefficient (Wildman–Crippen LogP) is 2.10. The van der Waals surface area contributed by atoms with Crippen molar-refractivity contribution in [2.75, 3.05) is 20.6 Å². The highest BCUT2D eigenvalue weighted by Crippen LogP contribution is 2.27. The van der Waals surface area contributed by atoms with Crippen molar-refractivity contribution in [3.63, 3.8) is 0 Å². The topological polar surface area (TPSA) is 15.3 Å². The summed E-state index contributed by atoms with van der Waals surface area (Å²) in [5, 5.41) is 5.75. The minimum atomic E-state index is 0.580. The van der Waals surface area contributed by atoms with Gasteiger partial charge >= 0.3 is 0 Å². The number of nitrogens with zero attached hydrogens (tertiary/aromatic N) is 1. The maximum atomic E-state index is 3.59. The van der Waals surface area contributed by atoms with Crippen molar-refractivity contribution in [3.05, 3.63) is 22.4 Å². The van der Waals surface area contributed by atoms with Crippen LogP contribution in [-0.2, 0) is 0 Å². The molecule has 2 heterocycles. The van der Waals surface area contributed by atoms with Crippen LogP contribution >= 0.6 is 11.3 Å². The van der Waals surface area contributed by atoms with Crippen molar-refractivity contribution in [2.24, 2.45) is 0 Å². The van der Waals surface area contributed by atoms with E-state index < -0.39 is 0 Å². The highest BCUT2D eigenvalue weighted by Gasteiger charge is 2.24. The van der Waals surface area contributed by atoms with Crippen molar-refractivity contribution < 1.29 is 0 Å². The Hall–Kier alpha value is -0.380. The lowest BCUT2D eigenvalue weighted by molar-refractivity contribution is 0.208. The van der Waals surface area contributed by atoms with Crippen LogP contribution in [-0.4, -0.2) is 31.6 Å². The summed E-state index contributed by atoms with van der Waals surface area (Å²) in [6.45, 7) is 1.14. The third kappa shape index (κ3) is 2.16. The quantitative estimate of drug-likeness (QED) is 0.804. The Morgan fingerprint density at radius 2 is 2.36 bits per heavy atom. The van der Waals surface area contributed by atoms with Crippen molar-refractivity contribution in [1.82, 2.24) is 10.2 Å². The van der Waals surface area contributed by atoms with E-state index in [0.717, 1.165) is 12.6 Å². The molecule has 78 valence electrons. The molecule has 0 spiro atoms. The van der Waals surface area contributed by atoms with Crippen LogP contribution in [0.15, 0.2) is 17.5 Å². The molecule has 1 saturated heterocycles. The molecule has 0 aliphatic carbocycles. The number of hydrogen-bond acceptors (Lipinski definition) is 3. The molecule has 1 aliphatic heterocycles. The predicted molar refractivity (Wildman–Crippen MR) is 61.8 cm³/mol. The maximum absolute atomic E-state index is 3.59. The molecule has 2 unspecified atom stereocenters. The SMILES string of the molecule is CN(C)C1CCNC(c2cccs2)C1. The molecule has 1 N–H and O–H groups in total. The molecule has 1 fully saturated rings. The average Bonchev–Trinajstić information content (AvgIpc) is 2.71. The standard InChI is InChI=1S/C11H18N2S/c1-13(2)9-5-6-12-10(8-9)11-4-3-7-14-11/h3-4,7,9-10,12H,5-6,8H2,1-2H3. The second-order valence-electron chi connectivity index (χ2n) is 4.16. The van der Waals surface area contributed by atoms with Crippen LogP contribution in [0.3, 0.4) is 0 Å². The third-order valence-electron chi connectivity index (χ3n) is 2.99. The molecule has 2 atom stereocenters. The zero-order chi connectivity index (χ0) is 9.97. The molecule has 0 amide bonds. The molecular formula is C11H18N2S. The molecule has 2 rings (SSSR count). The van der Waals surface area contributed by atoms with Crippen molar-refractivity contribution in [2.45, 2.75) is 24.9 Å². The van der Waals surface area contributed by atoms with E-state index >= 15 is 0 Å². The first-order chi connectivity index (χ1) is 6.77. The van der Waals surface area contributed by atoms with E-state index in [0.29, 0.717) is 6.04 Å². The number of piperidine rings is 1. The van der Waals surface area contributed by atoms with Crippen LogP contribution in [0.4, 0.5) is 0 Å². The van der Waals surface area contributed by atoms with Gasteiger partial charge in [0.15, 0.2) is 0 Å². The summed E-state index contributed by atoms with van der Waals surface area (Å²) < 4.78 is 0. The Labute approximate surface area is 89.9 Å². The lowest BCUT2D eigenvalue weighted by atomic mass is 9.97. The second kappa shape index (κ2) is 4.43. The molecule has 0 bridgehead atoms. The average molecular weight is 210 g/mol. The second-order valence-corrected chi connectivity index (χ2v) is 5.14. The van der Waals surface area contributed by atoms with Gasteiger partial charge in [0.25, 0.3) is 0 Å². The van der Waals surface area contributed by atoms with Gasteiger partial charge in [-0.2, -0.15) is 0 Å². The molecular weight excluding hydrogens is 192 g/mol. The molecule has 0 saturated carbocycles. The molecule has 1 aromatic rings. The van der Waals surface area contributed by atoms with Crippen LogP contribution in [0.25, 0.3) is 0 Å². The van der Waals surface area contributed by atoms with E-state index in [1.54, 1.807) is 0 Å². The highest BCUT2D eigenvalue weighted by atomic mass is 32.1. The number of nitrogens with one attached hydrogen (secondary N) is 1. The number of rotatable bonds is 2. The van der Waals surface area contributed by atoms with Gasteiger partial charge in [-0.25, -0.2) is 0 Å². The van der Waals surface area contributed by atoms with Gasteiger partial charge in [-0.15, -0.1) is 11.3 Å². The normalized spacial score (nSPS) is 28.2. The fourth-order valence-electron chi connectivity index (χ4n) is 2.07. The van der Waals surface area contributed by atoms with Gasteiger partial charge in [-0.1, -0.05) is 6.07 Å². The van der Waals surface area contributed by atoms with E-state index in [-0.39, 0.29) is 0 Å². The molecule has 0 aromatic carbocycles. The van der Waals surface area contributed by atoms with Gasteiger partial charge in [0.1, 0.15) is 0 Å². The summed E-state index contributed by atoms with van der Waals surface area (Å²) in [7, 11) is 4.36. The molecule has 3 heteroatoms. The molecule has 1 aromatic heterocycles. The molecule has 2 nitrogen and oxygen atoms in total. The maximum Gasteiger partial charge on any atom is 0.0429 e. The Morgan fingerprint density at radius 1 is 1.50 bits per heavy atom. The van der Waals surface area contributed by atoms with Crippen molar-refractivity contribution >= 4 is 11.3 Å². The Balaban J connectivity index is 2.01. The Bertz CT molecular complexity index is 269. The molecule has 0 radical (unpaired) electrons. The van der Waals surface area contributed by atoms with Gasteiger partial charge < -0.3 is 10.2 Å². The van der Waals surface area contributed by atoms with Crippen LogP contribution in [0.2, 0.25) is 0 Å². The van der Waals surface area contributed by atoms with E-state index in [9.17, 15) is 0 Å². The number of thiophene rings is 1. The summed E-state index contributed by atoms with van der Waals surface area (Å²) in [5.41, 5.74) is 0. The molecule has 1 aliphatic rings. The van der Waals surface area contributed by atoms with E-state index in [2.05, 4.69) is 41.8 Å². The van der Waals surface area contributed by atoms with Crippen molar-refractivity contribution in [1.29, 1.82) is 0 Å². The first kappa shape index (κ1) is 10.1. The van der Waals surface area contributed by atoms with Gasteiger partial charge in [-0.3, -0.25) is 0 Å². The first-order valence-electron chi connectivity index (χ1n) is 5.20. The van der Waals surface area contributed by atoms with Gasteiger partial charge in [-0.05, 0) is 44.9 Å². The van der Waals surface area contributed by atoms with Crippen LogP contribution in [0, 0.1) is 0 Å². The minimum Gasteiger partial charge on any atom is -0.309 e. The Morgan fingerprint density at radius 3 is 3.00 bits per heavy atom. The zero-order valence-corrected chi connectivity index (χ0v) is 9.68. The van der Waals surface area contributed by atoms with E-state index in [1.165, 1.54) is 17.7 Å². The van der Waals surface area contributed by atoms with Gasteiger partial charge in [0.2, 0.25) is 0 Å². The summed E-state index contributed by atoms with van der Waals surface area (Å²) in [4.78, 5) is 3.83. The largest absolute Gasteiger partial charge is 0.309 e. The fraction of sp³-hybridized carbons (Fsp3) is 0.636. The monoisotopic (exact) mass is 210 g/mol. The minimum absolute atomic E-state index is 0.580. The Kier molecular flexibility index (Phi) is 3.21. The van der Waals surface area contributed by atoms with Crippen LogP contribution in [0.1, 0.15) is 23.8 Å². The summed E-state index contributed by atoms with van der Waals surface area (Å²) in [5.74, 6) is 0. The summed E-state index contributed by atoms with van der Waals surface area (Å²) >= 11 is 1.86.